The molecule has 4 nitrogen and oxygen atoms in total. The van der Waals surface area contributed by atoms with Crippen LogP contribution in [0.4, 0.5) is 0 Å². The number of carbonyl (C=O) groups excluding carboxylic acids is 1. The van der Waals surface area contributed by atoms with Gasteiger partial charge in [0.25, 0.3) is 5.91 Å². The lowest BCUT2D eigenvalue weighted by atomic mass is 10.3. The van der Waals surface area contributed by atoms with Gasteiger partial charge in [0.15, 0.2) is 0 Å². The molecule has 0 fully saturated rings. The molecular formula is C14H17N3OS. The third-order valence-corrected chi connectivity index (χ3v) is 3.56. The van der Waals surface area contributed by atoms with Gasteiger partial charge in [0.1, 0.15) is 6.33 Å². The normalized spacial score (nSPS) is 11.5. The first-order chi connectivity index (χ1) is 9.31. The van der Waals surface area contributed by atoms with Crippen LogP contribution in [0, 0.1) is 0 Å². The van der Waals surface area contributed by atoms with Gasteiger partial charge in [0.2, 0.25) is 0 Å². The van der Waals surface area contributed by atoms with E-state index in [4.69, 9.17) is 0 Å². The Morgan fingerprint density at radius 2 is 2.47 bits per heavy atom. The molecule has 0 unspecified atom stereocenters. The quantitative estimate of drug-likeness (QED) is 0.651. The molecule has 2 aromatic heterocycles. The summed E-state index contributed by atoms with van der Waals surface area (Å²) in [6.07, 6.45) is 8.60. The molecule has 5 heteroatoms. The lowest BCUT2D eigenvalue weighted by Crippen LogP contribution is -2.16. The monoisotopic (exact) mass is 275 g/mol. The molecule has 0 aliphatic rings. The number of hydrogen-bond donors (Lipinski definition) is 1. The van der Waals surface area contributed by atoms with Crippen LogP contribution in [0.1, 0.15) is 29.4 Å². The molecule has 0 bridgehead atoms. The lowest BCUT2D eigenvalue weighted by Gasteiger charge is -2.08. The minimum atomic E-state index is -0.0927. The van der Waals surface area contributed by atoms with E-state index in [2.05, 4.69) is 17.2 Å². The molecule has 2 rings (SSSR count). The Kier molecular flexibility index (Phi) is 4.92. The fraction of sp³-hybridized carbons (Fsp3) is 0.286. The second kappa shape index (κ2) is 6.89. The van der Waals surface area contributed by atoms with Crippen molar-refractivity contribution in [3.63, 3.8) is 0 Å². The molecule has 2 aromatic rings. The standard InChI is InChI=1S/C14H17N3OS/c1-2-3-6-16-12(13-5-4-9-19-13)10-14(18)17-8-7-15-11-17/h4-5,7-11,16H,2-3,6H2,1H3/b12-10-. The third-order valence-electron chi connectivity index (χ3n) is 2.66. The summed E-state index contributed by atoms with van der Waals surface area (Å²) < 4.78 is 1.47. The molecule has 0 saturated heterocycles. The highest BCUT2D eigenvalue weighted by molar-refractivity contribution is 7.11. The maximum Gasteiger partial charge on any atom is 0.257 e. The highest BCUT2D eigenvalue weighted by Gasteiger charge is 2.06. The molecule has 0 saturated carbocycles. The Bertz CT molecular complexity index is 529. The SMILES string of the molecule is CCCCN/C(=C\C(=O)n1ccnc1)c1cccs1. The zero-order chi connectivity index (χ0) is 13.5. The first-order valence-corrected chi connectivity index (χ1v) is 7.21. The molecule has 0 aromatic carbocycles. The first-order valence-electron chi connectivity index (χ1n) is 6.33. The van der Waals surface area contributed by atoms with Gasteiger partial charge in [-0.05, 0) is 17.9 Å². The summed E-state index contributed by atoms with van der Waals surface area (Å²) in [6.45, 7) is 3.02. The minimum Gasteiger partial charge on any atom is -0.384 e. The number of rotatable bonds is 6. The largest absolute Gasteiger partial charge is 0.384 e. The van der Waals surface area contributed by atoms with Gasteiger partial charge in [-0.3, -0.25) is 9.36 Å². The van der Waals surface area contributed by atoms with Crippen LogP contribution < -0.4 is 5.32 Å². The summed E-state index contributed by atoms with van der Waals surface area (Å²) in [5.74, 6) is -0.0927. The highest BCUT2D eigenvalue weighted by Crippen LogP contribution is 2.18. The van der Waals surface area contributed by atoms with Gasteiger partial charge >= 0.3 is 0 Å². The second-order valence-corrected chi connectivity index (χ2v) is 5.07. The maximum atomic E-state index is 12.1. The van der Waals surface area contributed by atoms with Gasteiger partial charge in [-0.25, -0.2) is 4.98 Å². The summed E-state index contributed by atoms with van der Waals surface area (Å²) in [7, 11) is 0. The predicted octanol–water partition coefficient (Wildman–Crippen LogP) is 3.02. The van der Waals surface area contributed by atoms with Gasteiger partial charge in [0, 0.05) is 25.0 Å². The Morgan fingerprint density at radius 3 is 3.11 bits per heavy atom. The van der Waals surface area contributed by atoms with Crippen LogP contribution in [0.25, 0.3) is 5.70 Å². The molecule has 0 spiro atoms. The van der Waals surface area contributed by atoms with Gasteiger partial charge < -0.3 is 5.32 Å². The van der Waals surface area contributed by atoms with E-state index in [1.54, 1.807) is 29.8 Å². The topological polar surface area (TPSA) is 46.9 Å². The van der Waals surface area contributed by atoms with Crippen molar-refractivity contribution in [3.8, 4) is 0 Å². The van der Waals surface area contributed by atoms with Crippen molar-refractivity contribution in [2.24, 2.45) is 0 Å². The van der Waals surface area contributed by atoms with E-state index in [1.165, 1.54) is 10.9 Å². The van der Waals surface area contributed by atoms with Crippen molar-refractivity contribution in [1.82, 2.24) is 14.9 Å². The van der Waals surface area contributed by atoms with Crippen molar-refractivity contribution < 1.29 is 4.79 Å². The van der Waals surface area contributed by atoms with E-state index in [9.17, 15) is 4.79 Å². The highest BCUT2D eigenvalue weighted by atomic mass is 32.1. The first kappa shape index (κ1) is 13.5. The fourth-order valence-electron chi connectivity index (χ4n) is 1.63. The van der Waals surface area contributed by atoms with E-state index in [0.717, 1.165) is 30.0 Å². The average Bonchev–Trinajstić information content (AvgIpc) is 3.10. The van der Waals surface area contributed by atoms with Crippen molar-refractivity contribution in [2.75, 3.05) is 6.54 Å². The van der Waals surface area contributed by atoms with Crippen molar-refractivity contribution >= 4 is 22.9 Å². The number of hydrogen-bond acceptors (Lipinski definition) is 4. The molecule has 0 aliphatic heterocycles. The number of nitrogens with zero attached hydrogens (tertiary/aromatic N) is 2. The van der Waals surface area contributed by atoms with Crippen molar-refractivity contribution in [2.45, 2.75) is 19.8 Å². The molecule has 0 amide bonds. The van der Waals surface area contributed by atoms with Crippen LogP contribution in [0.15, 0.2) is 42.3 Å². The molecule has 0 atom stereocenters. The predicted molar refractivity (Wildman–Crippen MR) is 78.1 cm³/mol. The van der Waals surface area contributed by atoms with Crippen LogP contribution >= 0.6 is 11.3 Å². The van der Waals surface area contributed by atoms with Crippen LogP contribution in [0.2, 0.25) is 0 Å². The average molecular weight is 275 g/mol. The summed E-state index contributed by atoms with van der Waals surface area (Å²) >= 11 is 1.62. The van der Waals surface area contributed by atoms with E-state index < -0.39 is 0 Å². The van der Waals surface area contributed by atoms with Gasteiger partial charge in [-0.15, -0.1) is 11.3 Å². The third kappa shape index (κ3) is 3.79. The van der Waals surface area contributed by atoms with E-state index >= 15 is 0 Å². The minimum absolute atomic E-state index is 0.0927. The van der Waals surface area contributed by atoms with E-state index in [-0.39, 0.29) is 5.91 Å². The number of unbranched alkanes of at least 4 members (excludes halogenated alkanes) is 1. The molecule has 0 radical (unpaired) electrons. The smallest absolute Gasteiger partial charge is 0.257 e. The van der Waals surface area contributed by atoms with Crippen molar-refractivity contribution in [3.05, 3.63) is 47.2 Å². The number of thiophene rings is 1. The zero-order valence-corrected chi connectivity index (χ0v) is 11.7. The number of carbonyl (C=O) groups is 1. The molecule has 1 N–H and O–H groups in total. The van der Waals surface area contributed by atoms with Crippen LogP contribution in [-0.2, 0) is 0 Å². The van der Waals surface area contributed by atoms with Gasteiger partial charge in [-0.1, -0.05) is 19.4 Å². The van der Waals surface area contributed by atoms with Crippen molar-refractivity contribution in [1.29, 1.82) is 0 Å². The van der Waals surface area contributed by atoms with Crippen LogP contribution in [-0.4, -0.2) is 22.0 Å². The fourth-order valence-corrected chi connectivity index (χ4v) is 2.35. The van der Waals surface area contributed by atoms with Gasteiger partial charge in [0.05, 0.1) is 10.6 Å². The molecule has 100 valence electrons. The van der Waals surface area contributed by atoms with E-state index in [1.807, 2.05) is 17.5 Å². The summed E-state index contributed by atoms with van der Waals surface area (Å²) in [5, 5.41) is 5.34. The summed E-state index contributed by atoms with van der Waals surface area (Å²) in [4.78, 5) is 17.0. The Morgan fingerprint density at radius 1 is 1.58 bits per heavy atom. The number of nitrogens with one attached hydrogen (secondary N) is 1. The number of allylic oxidation sites excluding steroid dienone is 1. The summed E-state index contributed by atoms with van der Waals surface area (Å²) in [5.41, 5.74) is 0.877. The number of imidazole rings is 1. The van der Waals surface area contributed by atoms with Crippen LogP contribution in [0.3, 0.4) is 0 Å². The maximum absolute atomic E-state index is 12.1. The lowest BCUT2D eigenvalue weighted by molar-refractivity contribution is 0.0969. The molecule has 2 heterocycles. The second-order valence-electron chi connectivity index (χ2n) is 4.12. The van der Waals surface area contributed by atoms with E-state index in [0.29, 0.717) is 0 Å². The zero-order valence-electron chi connectivity index (χ0n) is 10.9. The Balaban J connectivity index is 2.14. The number of aromatic nitrogens is 2. The molecule has 19 heavy (non-hydrogen) atoms. The molecular weight excluding hydrogens is 258 g/mol. The molecule has 0 aliphatic carbocycles. The summed E-state index contributed by atoms with van der Waals surface area (Å²) in [6, 6.07) is 3.99. The Hall–Kier alpha value is -1.88. The van der Waals surface area contributed by atoms with Gasteiger partial charge in [-0.2, -0.15) is 0 Å². The Labute approximate surface area is 116 Å². The van der Waals surface area contributed by atoms with Crippen LogP contribution in [0.5, 0.6) is 0 Å².